The summed E-state index contributed by atoms with van der Waals surface area (Å²) in [6.07, 6.45) is 6.91. The third-order valence-corrected chi connectivity index (χ3v) is 6.15. The van der Waals surface area contributed by atoms with E-state index < -0.39 is 0 Å². The molecule has 1 aromatic carbocycles. The van der Waals surface area contributed by atoms with Gasteiger partial charge in [-0.2, -0.15) is 5.10 Å². The summed E-state index contributed by atoms with van der Waals surface area (Å²) in [7, 11) is 1.96. The maximum atomic E-state index is 14.5. The van der Waals surface area contributed by atoms with E-state index in [9.17, 15) is 4.39 Å². The predicted molar refractivity (Wildman–Crippen MR) is 115 cm³/mol. The third-order valence-electron chi connectivity index (χ3n) is 6.15. The molecule has 8 heteroatoms. The van der Waals surface area contributed by atoms with Gasteiger partial charge < -0.3 is 10.1 Å². The highest BCUT2D eigenvalue weighted by atomic mass is 19.1. The summed E-state index contributed by atoms with van der Waals surface area (Å²) < 4.78 is 24.0. The minimum atomic E-state index is -0.228. The Morgan fingerprint density at radius 1 is 1.29 bits per heavy atom. The summed E-state index contributed by atoms with van der Waals surface area (Å²) in [6, 6.07) is 5.32. The SMILES string of the molecule is Cc1cn2c(NCc3c(F)ccc4c3CCO4)ncc(-c3cc(C4CC4)nn3C)c2n1. The third kappa shape index (κ3) is 3.05. The number of hydrogen-bond donors (Lipinski definition) is 1. The molecule has 3 aromatic heterocycles. The van der Waals surface area contributed by atoms with Crippen LogP contribution in [0.2, 0.25) is 0 Å². The van der Waals surface area contributed by atoms with Crippen molar-refractivity contribution in [2.24, 2.45) is 7.05 Å². The normalized spacial score (nSPS) is 15.3. The zero-order valence-corrected chi connectivity index (χ0v) is 17.5. The van der Waals surface area contributed by atoms with Gasteiger partial charge in [0, 0.05) is 49.5 Å². The molecule has 6 rings (SSSR count). The number of imidazole rings is 1. The minimum absolute atomic E-state index is 0.228. The second-order valence-corrected chi connectivity index (χ2v) is 8.38. The topological polar surface area (TPSA) is 69.3 Å². The maximum Gasteiger partial charge on any atom is 0.208 e. The number of nitrogens with one attached hydrogen (secondary N) is 1. The lowest BCUT2D eigenvalue weighted by molar-refractivity contribution is 0.356. The molecule has 0 saturated heterocycles. The van der Waals surface area contributed by atoms with E-state index in [0.717, 1.165) is 46.0 Å². The Morgan fingerprint density at radius 3 is 3.00 bits per heavy atom. The number of anilines is 1. The van der Waals surface area contributed by atoms with Gasteiger partial charge in [-0.1, -0.05) is 0 Å². The number of rotatable bonds is 5. The summed E-state index contributed by atoms with van der Waals surface area (Å²) in [5, 5.41) is 8.00. The average Bonchev–Trinajstić information content (AvgIpc) is 3.16. The first-order chi connectivity index (χ1) is 15.1. The highest BCUT2D eigenvalue weighted by Crippen LogP contribution is 2.41. The van der Waals surface area contributed by atoms with E-state index in [1.54, 1.807) is 6.07 Å². The van der Waals surface area contributed by atoms with Gasteiger partial charge in [-0.05, 0) is 38.0 Å². The van der Waals surface area contributed by atoms with Crippen molar-refractivity contribution in [1.82, 2.24) is 24.1 Å². The fraction of sp³-hybridized carbons (Fsp3) is 0.348. The largest absolute Gasteiger partial charge is 0.493 e. The van der Waals surface area contributed by atoms with Crippen LogP contribution in [0.25, 0.3) is 16.9 Å². The van der Waals surface area contributed by atoms with Crippen molar-refractivity contribution in [2.45, 2.75) is 38.6 Å². The molecule has 1 saturated carbocycles. The molecule has 1 fully saturated rings. The molecule has 4 heterocycles. The van der Waals surface area contributed by atoms with Crippen LogP contribution in [0.1, 0.15) is 41.3 Å². The van der Waals surface area contributed by atoms with Crippen molar-refractivity contribution in [1.29, 1.82) is 0 Å². The van der Waals surface area contributed by atoms with Gasteiger partial charge >= 0.3 is 0 Å². The predicted octanol–water partition coefficient (Wildman–Crippen LogP) is 4.00. The highest BCUT2D eigenvalue weighted by Gasteiger charge is 2.28. The lowest BCUT2D eigenvalue weighted by Crippen LogP contribution is -2.10. The molecule has 158 valence electrons. The highest BCUT2D eigenvalue weighted by molar-refractivity contribution is 5.76. The Labute approximate surface area is 178 Å². The molecular formula is C23H23FN6O. The number of aromatic nitrogens is 5. The molecule has 0 atom stereocenters. The van der Waals surface area contributed by atoms with E-state index in [1.165, 1.54) is 18.9 Å². The van der Waals surface area contributed by atoms with Gasteiger partial charge in [0.2, 0.25) is 5.95 Å². The Kier molecular flexibility index (Phi) is 4.03. The number of halogens is 1. The van der Waals surface area contributed by atoms with Crippen molar-refractivity contribution in [3.63, 3.8) is 0 Å². The minimum Gasteiger partial charge on any atom is -0.493 e. The standard InChI is InChI=1S/C23H23FN6O/c1-13-12-30-22(27-13)17(20-9-19(14-3-4-14)28-29(20)2)11-26-23(30)25-10-16-15-7-8-31-21(15)6-5-18(16)24/h5-6,9,11-12,14H,3-4,7-8,10H2,1-2H3,(H,25,26). The van der Waals surface area contributed by atoms with Crippen LogP contribution in [0.5, 0.6) is 5.75 Å². The number of nitrogens with zero attached hydrogens (tertiary/aromatic N) is 5. The van der Waals surface area contributed by atoms with Gasteiger partial charge in [-0.25, -0.2) is 14.4 Å². The van der Waals surface area contributed by atoms with E-state index in [-0.39, 0.29) is 5.82 Å². The van der Waals surface area contributed by atoms with Gasteiger partial charge in [-0.3, -0.25) is 9.08 Å². The Bertz CT molecular complexity index is 1320. The zero-order chi connectivity index (χ0) is 21.1. The van der Waals surface area contributed by atoms with Crippen molar-refractivity contribution in [2.75, 3.05) is 11.9 Å². The Balaban J connectivity index is 1.37. The summed E-state index contributed by atoms with van der Waals surface area (Å²) >= 11 is 0. The van der Waals surface area contributed by atoms with Crippen molar-refractivity contribution >= 4 is 11.6 Å². The monoisotopic (exact) mass is 418 g/mol. The summed E-state index contributed by atoms with van der Waals surface area (Å²) in [6.45, 7) is 2.88. The van der Waals surface area contributed by atoms with Crippen LogP contribution in [0.3, 0.4) is 0 Å². The number of hydrogen-bond acceptors (Lipinski definition) is 5. The Morgan fingerprint density at radius 2 is 2.16 bits per heavy atom. The van der Waals surface area contributed by atoms with E-state index in [4.69, 9.17) is 9.72 Å². The molecule has 4 aromatic rings. The van der Waals surface area contributed by atoms with Crippen molar-refractivity contribution in [3.8, 4) is 17.0 Å². The molecule has 0 amide bonds. The molecule has 0 unspecified atom stereocenters. The van der Waals surface area contributed by atoms with E-state index in [0.29, 0.717) is 30.6 Å². The van der Waals surface area contributed by atoms with Crippen molar-refractivity contribution < 1.29 is 9.13 Å². The van der Waals surface area contributed by atoms with Gasteiger partial charge in [0.25, 0.3) is 0 Å². The van der Waals surface area contributed by atoms with Crippen LogP contribution in [-0.2, 0) is 20.0 Å². The zero-order valence-electron chi connectivity index (χ0n) is 17.5. The van der Waals surface area contributed by atoms with Crippen LogP contribution in [-0.4, -0.2) is 30.8 Å². The smallest absolute Gasteiger partial charge is 0.208 e. The summed E-state index contributed by atoms with van der Waals surface area (Å²) in [5.74, 6) is 1.75. The van der Waals surface area contributed by atoms with Crippen LogP contribution in [0.4, 0.5) is 10.3 Å². The van der Waals surface area contributed by atoms with Crippen LogP contribution in [0, 0.1) is 12.7 Å². The molecule has 1 aliphatic carbocycles. The number of ether oxygens (including phenoxy) is 1. The van der Waals surface area contributed by atoms with Crippen molar-refractivity contribution in [3.05, 3.63) is 58.9 Å². The number of fused-ring (bicyclic) bond motifs is 2. The second kappa shape index (κ2) is 6.80. The maximum absolute atomic E-state index is 14.5. The first kappa shape index (κ1) is 18.4. The molecule has 1 aliphatic heterocycles. The summed E-state index contributed by atoms with van der Waals surface area (Å²) in [4.78, 5) is 9.40. The quantitative estimate of drug-likeness (QED) is 0.531. The van der Waals surface area contributed by atoms with E-state index in [1.807, 2.05) is 35.4 Å². The fourth-order valence-corrected chi connectivity index (χ4v) is 4.40. The molecule has 2 aliphatic rings. The summed E-state index contributed by atoms with van der Waals surface area (Å²) in [5.41, 5.74) is 6.33. The first-order valence-corrected chi connectivity index (χ1v) is 10.6. The Hall–Kier alpha value is -3.42. The molecular weight excluding hydrogens is 395 g/mol. The van der Waals surface area contributed by atoms with Crippen LogP contribution >= 0.6 is 0 Å². The number of aryl methyl sites for hydroxylation is 2. The van der Waals surface area contributed by atoms with Gasteiger partial charge in [-0.15, -0.1) is 0 Å². The molecule has 0 bridgehead atoms. The number of benzene rings is 1. The molecule has 31 heavy (non-hydrogen) atoms. The molecule has 1 N–H and O–H groups in total. The van der Waals surface area contributed by atoms with Gasteiger partial charge in [0.15, 0.2) is 5.65 Å². The van der Waals surface area contributed by atoms with Gasteiger partial charge in [0.05, 0.1) is 29.3 Å². The lowest BCUT2D eigenvalue weighted by Gasteiger charge is -2.13. The molecule has 0 radical (unpaired) electrons. The van der Waals surface area contributed by atoms with E-state index in [2.05, 4.69) is 21.5 Å². The molecule has 7 nitrogen and oxygen atoms in total. The van der Waals surface area contributed by atoms with E-state index >= 15 is 0 Å². The fourth-order valence-electron chi connectivity index (χ4n) is 4.40. The first-order valence-electron chi connectivity index (χ1n) is 10.6. The molecule has 0 spiro atoms. The average molecular weight is 418 g/mol. The van der Waals surface area contributed by atoms with Crippen LogP contribution < -0.4 is 10.1 Å². The second-order valence-electron chi connectivity index (χ2n) is 8.38. The lowest BCUT2D eigenvalue weighted by atomic mass is 10.0. The van der Waals surface area contributed by atoms with Gasteiger partial charge in [0.1, 0.15) is 11.6 Å². The van der Waals surface area contributed by atoms with Crippen LogP contribution in [0.15, 0.2) is 30.6 Å².